The molecular formula is C13H17F3N2O5S. The van der Waals surface area contributed by atoms with Crippen molar-refractivity contribution in [3.63, 3.8) is 0 Å². The predicted octanol–water partition coefficient (Wildman–Crippen LogP) is 1.86. The van der Waals surface area contributed by atoms with Crippen LogP contribution in [0.15, 0.2) is 6.20 Å². The van der Waals surface area contributed by atoms with Gasteiger partial charge in [-0.3, -0.25) is 4.98 Å². The van der Waals surface area contributed by atoms with Crippen LogP contribution in [0.3, 0.4) is 0 Å². The van der Waals surface area contributed by atoms with E-state index in [4.69, 9.17) is 4.74 Å². The van der Waals surface area contributed by atoms with Crippen molar-refractivity contribution in [2.75, 3.05) is 6.61 Å². The summed E-state index contributed by atoms with van der Waals surface area (Å²) in [6.45, 7) is 3.96. The Morgan fingerprint density at radius 1 is 1.46 bits per heavy atom. The predicted molar refractivity (Wildman–Crippen MR) is 78.4 cm³/mol. The van der Waals surface area contributed by atoms with E-state index in [0.717, 1.165) is 0 Å². The lowest BCUT2D eigenvalue weighted by Crippen LogP contribution is -2.43. The molecule has 7 nitrogen and oxygen atoms in total. The summed E-state index contributed by atoms with van der Waals surface area (Å²) in [4.78, 5) is 15.2. The first-order valence-corrected chi connectivity index (χ1v) is 8.32. The van der Waals surface area contributed by atoms with Crippen LogP contribution in [-0.2, 0) is 16.4 Å². The van der Waals surface area contributed by atoms with Gasteiger partial charge in [-0.1, -0.05) is 6.92 Å². The SMILES string of the molecule is CCc1c(OC[C@H](C)NS(=O)(=O)C(F)(F)F)cnc(C)c1C(=O)O. The van der Waals surface area contributed by atoms with Crippen LogP contribution in [-0.4, -0.2) is 42.6 Å². The summed E-state index contributed by atoms with van der Waals surface area (Å²) in [5.41, 5.74) is -4.85. The molecule has 1 heterocycles. The molecule has 1 aromatic rings. The summed E-state index contributed by atoms with van der Waals surface area (Å²) in [6, 6.07) is -1.18. The number of alkyl halides is 3. The van der Waals surface area contributed by atoms with Crippen molar-refractivity contribution in [1.82, 2.24) is 9.71 Å². The Hall–Kier alpha value is -1.88. The highest BCUT2D eigenvalue weighted by Crippen LogP contribution is 2.25. The lowest BCUT2D eigenvalue weighted by Gasteiger charge is -2.18. The molecule has 2 N–H and O–H groups in total. The fourth-order valence-corrected chi connectivity index (χ4v) is 2.71. The maximum absolute atomic E-state index is 12.3. The largest absolute Gasteiger partial charge is 0.511 e. The van der Waals surface area contributed by atoms with Crippen molar-refractivity contribution in [2.24, 2.45) is 0 Å². The van der Waals surface area contributed by atoms with Gasteiger partial charge in [0, 0.05) is 5.56 Å². The molecule has 0 aromatic carbocycles. The Bertz CT molecular complexity index is 719. The first kappa shape index (κ1) is 20.2. The summed E-state index contributed by atoms with van der Waals surface area (Å²) in [5, 5.41) is 9.21. The van der Waals surface area contributed by atoms with Gasteiger partial charge in [-0.25, -0.2) is 17.9 Å². The van der Waals surface area contributed by atoms with Crippen molar-refractivity contribution < 1.29 is 36.2 Å². The quantitative estimate of drug-likeness (QED) is 0.759. The van der Waals surface area contributed by atoms with Gasteiger partial charge in [0.25, 0.3) is 0 Å². The van der Waals surface area contributed by atoms with Gasteiger partial charge in [-0.2, -0.15) is 13.2 Å². The van der Waals surface area contributed by atoms with Gasteiger partial charge < -0.3 is 9.84 Å². The van der Waals surface area contributed by atoms with Crippen LogP contribution in [0, 0.1) is 6.92 Å². The number of carboxylic acid groups (broad SMARTS) is 1. The van der Waals surface area contributed by atoms with Crippen molar-refractivity contribution in [2.45, 2.75) is 38.7 Å². The van der Waals surface area contributed by atoms with E-state index in [0.29, 0.717) is 12.0 Å². The maximum atomic E-state index is 12.3. The van der Waals surface area contributed by atoms with Gasteiger partial charge in [0.2, 0.25) is 0 Å². The zero-order valence-electron chi connectivity index (χ0n) is 13.1. The van der Waals surface area contributed by atoms with E-state index in [9.17, 15) is 31.5 Å². The lowest BCUT2D eigenvalue weighted by atomic mass is 10.0. The molecule has 0 spiro atoms. The Morgan fingerprint density at radius 3 is 2.50 bits per heavy atom. The second-order valence-electron chi connectivity index (χ2n) is 5.00. The highest BCUT2D eigenvalue weighted by molar-refractivity contribution is 7.90. The molecule has 0 saturated carbocycles. The molecule has 24 heavy (non-hydrogen) atoms. The second-order valence-corrected chi connectivity index (χ2v) is 6.70. The Labute approximate surface area is 136 Å². The minimum absolute atomic E-state index is 0.0430. The third kappa shape index (κ3) is 4.57. The number of rotatable bonds is 7. The number of aromatic nitrogens is 1. The topological polar surface area (TPSA) is 106 Å². The molecule has 0 saturated heterocycles. The number of aromatic carboxylic acids is 1. The number of nitrogens with zero attached hydrogens (tertiary/aromatic N) is 1. The molecule has 0 aliphatic heterocycles. The number of halogens is 3. The van der Waals surface area contributed by atoms with Crippen molar-refractivity contribution >= 4 is 16.0 Å². The molecule has 1 rings (SSSR count). The summed E-state index contributed by atoms with van der Waals surface area (Å²) in [5.74, 6) is -1.12. The van der Waals surface area contributed by atoms with Gasteiger partial charge in [-0.05, 0) is 20.3 Å². The van der Waals surface area contributed by atoms with Gasteiger partial charge in [0.05, 0.1) is 23.5 Å². The third-order valence-corrected chi connectivity index (χ3v) is 4.38. The third-order valence-electron chi connectivity index (χ3n) is 3.05. The molecule has 11 heteroatoms. The van der Waals surface area contributed by atoms with Crippen LogP contribution >= 0.6 is 0 Å². The zero-order valence-corrected chi connectivity index (χ0v) is 14.0. The van der Waals surface area contributed by atoms with E-state index in [2.05, 4.69) is 4.98 Å². The molecule has 1 atom stereocenters. The number of hydrogen-bond donors (Lipinski definition) is 2. The Morgan fingerprint density at radius 2 is 2.04 bits per heavy atom. The molecule has 1 aromatic heterocycles. The van der Waals surface area contributed by atoms with Crippen molar-refractivity contribution in [1.29, 1.82) is 0 Å². The van der Waals surface area contributed by atoms with E-state index in [1.54, 1.807) is 6.92 Å². The molecule has 0 unspecified atom stereocenters. The van der Waals surface area contributed by atoms with Crippen LogP contribution in [0.25, 0.3) is 0 Å². The molecule has 0 bridgehead atoms. The summed E-state index contributed by atoms with van der Waals surface area (Å²) in [7, 11) is -5.49. The Balaban J connectivity index is 2.92. The Kier molecular flexibility index (Phi) is 6.17. The van der Waals surface area contributed by atoms with Crippen LogP contribution in [0.1, 0.15) is 35.5 Å². The summed E-state index contributed by atoms with van der Waals surface area (Å²) in [6.07, 6.45) is 1.55. The minimum Gasteiger partial charge on any atom is -0.490 e. The molecule has 0 fully saturated rings. The molecule has 0 aliphatic carbocycles. The van der Waals surface area contributed by atoms with Gasteiger partial charge >= 0.3 is 21.5 Å². The van der Waals surface area contributed by atoms with Crippen LogP contribution in [0.2, 0.25) is 0 Å². The second kappa shape index (κ2) is 7.34. The number of pyridine rings is 1. The summed E-state index contributed by atoms with van der Waals surface area (Å²) < 4.78 is 65.6. The van der Waals surface area contributed by atoms with E-state index >= 15 is 0 Å². The van der Waals surface area contributed by atoms with E-state index in [-0.39, 0.29) is 17.0 Å². The fraction of sp³-hybridized carbons (Fsp3) is 0.538. The number of carbonyl (C=O) groups is 1. The molecule has 0 aliphatic rings. The molecular weight excluding hydrogens is 353 g/mol. The van der Waals surface area contributed by atoms with Crippen molar-refractivity contribution in [3.8, 4) is 5.75 Å². The lowest BCUT2D eigenvalue weighted by molar-refractivity contribution is -0.0451. The normalized spacial score (nSPS) is 13.6. The first-order chi connectivity index (χ1) is 10.9. The number of hydrogen-bond acceptors (Lipinski definition) is 5. The maximum Gasteiger partial charge on any atom is 0.511 e. The molecule has 136 valence electrons. The number of sulfonamides is 1. The highest BCUT2D eigenvalue weighted by Gasteiger charge is 2.46. The average Bonchev–Trinajstić information content (AvgIpc) is 2.43. The summed E-state index contributed by atoms with van der Waals surface area (Å²) >= 11 is 0. The van der Waals surface area contributed by atoms with E-state index < -0.39 is 34.1 Å². The average molecular weight is 370 g/mol. The number of ether oxygens (including phenoxy) is 1. The van der Waals surface area contributed by atoms with E-state index in [1.807, 2.05) is 0 Å². The van der Waals surface area contributed by atoms with Crippen LogP contribution < -0.4 is 9.46 Å². The smallest absolute Gasteiger partial charge is 0.490 e. The zero-order chi connectivity index (χ0) is 18.7. The standard InChI is InChI=1S/C13H17F3N2O5S/c1-4-9-10(5-17-8(3)11(9)12(19)20)23-6-7(2)18-24(21,22)13(14,15)16/h5,7,18H,4,6H2,1-3H3,(H,19,20)/t7-/m0/s1. The first-order valence-electron chi connectivity index (χ1n) is 6.83. The molecule has 0 amide bonds. The highest BCUT2D eigenvalue weighted by atomic mass is 32.2. The fourth-order valence-electron chi connectivity index (χ4n) is 1.98. The minimum atomic E-state index is -5.49. The number of carboxylic acids is 1. The van der Waals surface area contributed by atoms with Crippen LogP contribution in [0.4, 0.5) is 13.2 Å². The van der Waals surface area contributed by atoms with Gasteiger partial charge in [0.1, 0.15) is 12.4 Å². The van der Waals surface area contributed by atoms with Gasteiger partial charge in [-0.15, -0.1) is 0 Å². The number of nitrogens with one attached hydrogen (secondary N) is 1. The van der Waals surface area contributed by atoms with Crippen LogP contribution in [0.5, 0.6) is 5.75 Å². The number of aryl methyl sites for hydroxylation is 1. The van der Waals surface area contributed by atoms with Crippen molar-refractivity contribution in [3.05, 3.63) is 23.0 Å². The van der Waals surface area contributed by atoms with E-state index in [1.165, 1.54) is 24.8 Å². The molecule has 0 radical (unpaired) electrons. The monoisotopic (exact) mass is 370 g/mol. The van der Waals surface area contributed by atoms with Gasteiger partial charge in [0.15, 0.2) is 0 Å².